The second kappa shape index (κ2) is 8.00. The van der Waals surface area contributed by atoms with Gasteiger partial charge in [-0.3, -0.25) is 4.90 Å². The molecule has 0 aliphatic rings. The Balaban J connectivity index is 2.54. The molecule has 0 radical (unpaired) electrons. The third kappa shape index (κ3) is 6.72. The molecule has 0 heterocycles. The van der Waals surface area contributed by atoms with Crippen LogP contribution in [-0.4, -0.2) is 30.7 Å². The number of rotatable bonds is 7. The summed E-state index contributed by atoms with van der Waals surface area (Å²) in [5.74, 6) is 0. The molecule has 0 aliphatic carbocycles. The van der Waals surface area contributed by atoms with Crippen LogP contribution in [0.25, 0.3) is 0 Å². The average Bonchev–Trinajstić information content (AvgIpc) is 2.34. The monoisotopic (exact) mass is 352 g/mol. The van der Waals surface area contributed by atoms with Crippen molar-refractivity contribution in [2.45, 2.75) is 32.0 Å². The summed E-state index contributed by atoms with van der Waals surface area (Å²) in [6.07, 6.45) is -2.95. The molecule has 0 aliphatic heterocycles. The largest absolute Gasteiger partial charge is 0.401 e. The first kappa shape index (κ1) is 17.5. The van der Waals surface area contributed by atoms with Gasteiger partial charge in [0, 0.05) is 17.1 Å². The summed E-state index contributed by atoms with van der Waals surface area (Å²) in [6, 6.07) is 7.31. The van der Waals surface area contributed by atoms with Gasteiger partial charge in [-0.1, -0.05) is 35.0 Å². The molecule has 1 rings (SSSR count). The maximum Gasteiger partial charge on any atom is 0.401 e. The predicted molar refractivity (Wildman–Crippen MR) is 78.5 cm³/mol. The van der Waals surface area contributed by atoms with Crippen molar-refractivity contribution >= 4 is 15.9 Å². The van der Waals surface area contributed by atoms with Crippen LogP contribution in [0.1, 0.15) is 31.4 Å². The van der Waals surface area contributed by atoms with Crippen molar-refractivity contribution in [3.63, 3.8) is 0 Å². The number of halogens is 4. The molecule has 2 N–H and O–H groups in total. The summed E-state index contributed by atoms with van der Waals surface area (Å²) < 4.78 is 38.3. The van der Waals surface area contributed by atoms with Crippen LogP contribution in [0.15, 0.2) is 28.7 Å². The molecule has 0 saturated heterocycles. The minimum atomic E-state index is -4.16. The summed E-state index contributed by atoms with van der Waals surface area (Å²) in [5, 5.41) is 0. The van der Waals surface area contributed by atoms with Crippen molar-refractivity contribution in [1.29, 1.82) is 0 Å². The molecule has 1 unspecified atom stereocenters. The normalized spacial score (nSPS) is 13.8. The Bertz CT molecular complexity index is 410. The maximum absolute atomic E-state index is 12.5. The van der Waals surface area contributed by atoms with Gasteiger partial charge in [0.05, 0.1) is 6.54 Å². The fraction of sp³-hybridized carbons (Fsp3) is 0.571. The van der Waals surface area contributed by atoms with Crippen LogP contribution in [-0.2, 0) is 0 Å². The van der Waals surface area contributed by atoms with E-state index in [0.717, 1.165) is 10.0 Å². The van der Waals surface area contributed by atoms with Crippen molar-refractivity contribution in [2.24, 2.45) is 5.73 Å². The van der Waals surface area contributed by atoms with Gasteiger partial charge in [-0.15, -0.1) is 0 Å². The molecule has 0 fully saturated rings. The zero-order valence-electron chi connectivity index (χ0n) is 11.5. The van der Waals surface area contributed by atoms with Gasteiger partial charge < -0.3 is 5.73 Å². The molecule has 1 atom stereocenters. The highest BCUT2D eigenvalue weighted by Gasteiger charge is 2.30. The van der Waals surface area contributed by atoms with E-state index in [2.05, 4.69) is 15.9 Å². The van der Waals surface area contributed by atoms with Crippen molar-refractivity contribution < 1.29 is 13.2 Å². The van der Waals surface area contributed by atoms with Crippen LogP contribution in [0.5, 0.6) is 0 Å². The van der Waals surface area contributed by atoms with Gasteiger partial charge in [0.1, 0.15) is 0 Å². The molecule has 1 aromatic rings. The van der Waals surface area contributed by atoms with Crippen LogP contribution < -0.4 is 5.73 Å². The fourth-order valence-corrected chi connectivity index (χ4v) is 2.48. The molecule has 0 amide bonds. The average molecular weight is 353 g/mol. The van der Waals surface area contributed by atoms with E-state index in [9.17, 15) is 13.2 Å². The standard InChI is InChI=1S/C14H20BrF3N2/c1-2-7-20(10-14(16,17)18)8-6-13(19)11-4-3-5-12(15)9-11/h3-5,9,13H,2,6-8,10,19H2,1H3. The SMILES string of the molecule is CCCN(CCC(N)c1cccc(Br)c1)CC(F)(F)F. The van der Waals surface area contributed by atoms with Crippen LogP contribution in [0, 0.1) is 0 Å². The van der Waals surface area contributed by atoms with E-state index < -0.39 is 12.7 Å². The number of hydrogen-bond donors (Lipinski definition) is 1. The smallest absolute Gasteiger partial charge is 0.324 e. The third-order valence-corrected chi connectivity index (χ3v) is 3.47. The van der Waals surface area contributed by atoms with Gasteiger partial charge in [-0.2, -0.15) is 13.2 Å². The number of nitrogens with two attached hydrogens (primary N) is 1. The molecule has 2 nitrogen and oxygen atoms in total. The lowest BCUT2D eigenvalue weighted by molar-refractivity contribution is -0.146. The summed E-state index contributed by atoms with van der Waals surface area (Å²) in [7, 11) is 0. The second-order valence-corrected chi connectivity index (χ2v) is 5.76. The summed E-state index contributed by atoms with van der Waals surface area (Å²) in [5.41, 5.74) is 6.98. The zero-order valence-corrected chi connectivity index (χ0v) is 13.0. The van der Waals surface area contributed by atoms with Crippen molar-refractivity contribution in [2.75, 3.05) is 19.6 Å². The van der Waals surface area contributed by atoms with Crippen LogP contribution >= 0.6 is 15.9 Å². The van der Waals surface area contributed by atoms with Gasteiger partial charge in [-0.25, -0.2) is 0 Å². The summed E-state index contributed by atoms with van der Waals surface area (Å²) >= 11 is 3.36. The number of hydrogen-bond acceptors (Lipinski definition) is 2. The van der Waals surface area contributed by atoms with E-state index in [1.807, 2.05) is 31.2 Å². The Labute approximate surface area is 126 Å². The van der Waals surface area contributed by atoms with Crippen LogP contribution in [0.3, 0.4) is 0 Å². The van der Waals surface area contributed by atoms with Crippen molar-refractivity contribution in [3.8, 4) is 0 Å². The van der Waals surface area contributed by atoms with E-state index in [0.29, 0.717) is 25.9 Å². The van der Waals surface area contributed by atoms with Gasteiger partial charge in [-0.05, 0) is 37.1 Å². The lowest BCUT2D eigenvalue weighted by Crippen LogP contribution is -2.36. The lowest BCUT2D eigenvalue weighted by Gasteiger charge is -2.24. The first-order chi connectivity index (χ1) is 9.31. The van der Waals surface area contributed by atoms with Crippen LogP contribution in [0.2, 0.25) is 0 Å². The van der Waals surface area contributed by atoms with Crippen molar-refractivity contribution in [3.05, 3.63) is 34.3 Å². The highest BCUT2D eigenvalue weighted by Crippen LogP contribution is 2.21. The van der Waals surface area contributed by atoms with E-state index in [1.54, 1.807) is 0 Å². The Morgan fingerprint density at radius 1 is 1.30 bits per heavy atom. The Morgan fingerprint density at radius 3 is 2.55 bits per heavy atom. The molecule has 6 heteroatoms. The van der Waals surface area contributed by atoms with Gasteiger partial charge >= 0.3 is 6.18 Å². The molecular formula is C14H20BrF3N2. The van der Waals surface area contributed by atoms with Crippen molar-refractivity contribution in [1.82, 2.24) is 4.90 Å². The highest BCUT2D eigenvalue weighted by molar-refractivity contribution is 9.10. The molecule has 0 saturated carbocycles. The minimum Gasteiger partial charge on any atom is -0.324 e. The molecule has 20 heavy (non-hydrogen) atoms. The molecule has 114 valence electrons. The zero-order chi connectivity index (χ0) is 15.2. The molecule has 1 aromatic carbocycles. The number of benzene rings is 1. The van der Waals surface area contributed by atoms with Gasteiger partial charge in [0.15, 0.2) is 0 Å². The summed E-state index contributed by atoms with van der Waals surface area (Å²) in [6.45, 7) is 1.79. The molecule has 0 bridgehead atoms. The van der Waals surface area contributed by atoms with E-state index >= 15 is 0 Å². The number of alkyl halides is 3. The Kier molecular flexibility index (Phi) is 6.99. The summed E-state index contributed by atoms with van der Waals surface area (Å²) in [4.78, 5) is 1.41. The topological polar surface area (TPSA) is 29.3 Å². The van der Waals surface area contributed by atoms with Gasteiger partial charge in [0.2, 0.25) is 0 Å². The highest BCUT2D eigenvalue weighted by atomic mass is 79.9. The lowest BCUT2D eigenvalue weighted by atomic mass is 10.0. The Morgan fingerprint density at radius 2 is 2.00 bits per heavy atom. The van der Waals surface area contributed by atoms with E-state index in [4.69, 9.17) is 5.73 Å². The molecule has 0 aromatic heterocycles. The van der Waals surface area contributed by atoms with Crippen LogP contribution in [0.4, 0.5) is 13.2 Å². The predicted octanol–water partition coefficient (Wildman–Crippen LogP) is 4.11. The van der Waals surface area contributed by atoms with E-state index in [-0.39, 0.29) is 6.04 Å². The Hall–Kier alpha value is -0.590. The molecular weight excluding hydrogens is 333 g/mol. The minimum absolute atomic E-state index is 0.250. The first-order valence-electron chi connectivity index (χ1n) is 6.62. The quantitative estimate of drug-likeness (QED) is 0.799. The third-order valence-electron chi connectivity index (χ3n) is 2.98. The molecule has 0 spiro atoms. The number of nitrogens with zero attached hydrogens (tertiary/aromatic N) is 1. The maximum atomic E-state index is 12.5. The van der Waals surface area contributed by atoms with Gasteiger partial charge in [0.25, 0.3) is 0 Å². The second-order valence-electron chi connectivity index (χ2n) is 4.84. The fourth-order valence-electron chi connectivity index (χ4n) is 2.07. The van der Waals surface area contributed by atoms with E-state index in [1.165, 1.54) is 4.90 Å². The first-order valence-corrected chi connectivity index (χ1v) is 7.41.